The monoisotopic (exact) mass is 261 g/mol. The van der Waals surface area contributed by atoms with Gasteiger partial charge in [-0.1, -0.05) is 37.5 Å². The van der Waals surface area contributed by atoms with Gasteiger partial charge in [0.1, 0.15) is 5.75 Å². The Morgan fingerprint density at radius 3 is 2.68 bits per heavy atom. The van der Waals surface area contributed by atoms with E-state index >= 15 is 0 Å². The highest BCUT2D eigenvalue weighted by Gasteiger charge is 2.19. The maximum atomic E-state index is 5.67. The molecule has 0 unspecified atom stereocenters. The van der Waals surface area contributed by atoms with E-state index in [-0.39, 0.29) is 0 Å². The van der Waals surface area contributed by atoms with Crippen LogP contribution >= 0.6 is 0 Å². The standard InChI is InChI=1S/C17H27NO/c1-3-19-17-12-8-7-11-16(17)13-18-14(2)15-9-5-4-6-10-15/h7-8,11-12,14-15,18H,3-6,9-10,13H2,1-2H3/t14-/m1/s1. The number of hydrogen-bond acceptors (Lipinski definition) is 2. The molecule has 0 bridgehead atoms. The molecule has 19 heavy (non-hydrogen) atoms. The minimum Gasteiger partial charge on any atom is -0.494 e. The zero-order chi connectivity index (χ0) is 13.5. The molecule has 1 aliphatic carbocycles. The van der Waals surface area contributed by atoms with E-state index in [2.05, 4.69) is 30.4 Å². The Kier molecular flexibility index (Phi) is 5.71. The average molecular weight is 261 g/mol. The van der Waals surface area contributed by atoms with Gasteiger partial charge in [0.05, 0.1) is 6.61 Å². The molecule has 0 amide bonds. The van der Waals surface area contributed by atoms with Crippen molar-refractivity contribution in [1.29, 1.82) is 0 Å². The van der Waals surface area contributed by atoms with Crippen molar-refractivity contribution in [2.45, 2.75) is 58.5 Å². The summed E-state index contributed by atoms with van der Waals surface area (Å²) in [5.74, 6) is 1.88. The van der Waals surface area contributed by atoms with Crippen LogP contribution in [-0.4, -0.2) is 12.6 Å². The summed E-state index contributed by atoms with van der Waals surface area (Å²) in [6, 6.07) is 8.95. The Balaban J connectivity index is 1.87. The molecule has 1 N–H and O–H groups in total. The highest BCUT2D eigenvalue weighted by Crippen LogP contribution is 2.27. The van der Waals surface area contributed by atoms with Crippen molar-refractivity contribution in [1.82, 2.24) is 5.32 Å². The normalized spacial score (nSPS) is 18.2. The zero-order valence-corrected chi connectivity index (χ0v) is 12.3. The second-order valence-corrected chi connectivity index (χ2v) is 5.61. The number of nitrogens with one attached hydrogen (secondary N) is 1. The molecule has 1 fully saturated rings. The fourth-order valence-corrected chi connectivity index (χ4v) is 3.02. The molecule has 0 aromatic heterocycles. The molecule has 1 aliphatic rings. The quantitative estimate of drug-likeness (QED) is 0.831. The molecule has 0 heterocycles. The van der Waals surface area contributed by atoms with Crippen molar-refractivity contribution in [2.75, 3.05) is 6.61 Å². The summed E-state index contributed by atoms with van der Waals surface area (Å²) in [5.41, 5.74) is 1.27. The predicted molar refractivity (Wildman–Crippen MR) is 80.5 cm³/mol. The first-order valence-electron chi connectivity index (χ1n) is 7.75. The van der Waals surface area contributed by atoms with Gasteiger partial charge in [0.25, 0.3) is 0 Å². The van der Waals surface area contributed by atoms with Crippen LogP contribution in [0.3, 0.4) is 0 Å². The van der Waals surface area contributed by atoms with Crippen LogP contribution in [0.1, 0.15) is 51.5 Å². The summed E-state index contributed by atoms with van der Waals surface area (Å²) in [7, 11) is 0. The maximum Gasteiger partial charge on any atom is 0.123 e. The van der Waals surface area contributed by atoms with Crippen molar-refractivity contribution in [3.63, 3.8) is 0 Å². The Bertz CT molecular complexity index is 371. The number of rotatable bonds is 6. The van der Waals surface area contributed by atoms with E-state index < -0.39 is 0 Å². The summed E-state index contributed by atoms with van der Waals surface area (Å²) in [6.45, 7) is 6.01. The third-order valence-corrected chi connectivity index (χ3v) is 4.24. The van der Waals surface area contributed by atoms with Crippen LogP contribution in [0.4, 0.5) is 0 Å². The second-order valence-electron chi connectivity index (χ2n) is 5.61. The zero-order valence-electron chi connectivity index (χ0n) is 12.3. The van der Waals surface area contributed by atoms with Gasteiger partial charge in [-0.15, -0.1) is 0 Å². The van der Waals surface area contributed by atoms with Crippen molar-refractivity contribution in [3.05, 3.63) is 29.8 Å². The van der Waals surface area contributed by atoms with Crippen LogP contribution in [0.25, 0.3) is 0 Å². The van der Waals surface area contributed by atoms with E-state index in [1.807, 2.05) is 13.0 Å². The van der Waals surface area contributed by atoms with E-state index in [1.165, 1.54) is 37.7 Å². The van der Waals surface area contributed by atoms with Crippen LogP contribution < -0.4 is 10.1 Å². The Morgan fingerprint density at radius 2 is 1.95 bits per heavy atom. The van der Waals surface area contributed by atoms with Gasteiger partial charge in [-0.2, -0.15) is 0 Å². The van der Waals surface area contributed by atoms with E-state index in [9.17, 15) is 0 Å². The summed E-state index contributed by atoms with van der Waals surface area (Å²) in [4.78, 5) is 0. The first-order chi connectivity index (χ1) is 9.31. The Labute approximate surface area is 117 Å². The molecule has 0 spiro atoms. The molecular weight excluding hydrogens is 234 g/mol. The van der Waals surface area contributed by atoms with Crippen molar-refractivity contribution in [3.8, 4) is 5.75 Å². The molecule has 2 nitrogen and oxygen atoms in total. The lowest BCUT2D eigenvalue weighted by atomic mass is 9.84. The van der Waals surface area contributed by atoms with E-state index in [0.29, 0.717) is 6.04 Å². The lowest BCUT2D eigenvalue weighted by molar-refractivity contribution is 0.278. The van der Waals surface area contributed by atoms with Gasteiger partial charge in [-0.3, -0.25) is 0 Å². The van der Waals surface area contributed by atoms with Gasteiger partial charge in [0.2, 0.25) is 0 Å². The lowest BCUT2D eigenvalue weighted by Crippen LogP contribution is -2.34. The highest BCUT2D eigenvalue weighted by atomic mass is 16.5. The summed E-state index contributed by atoms with van der Waals surface area (Å²) in [6.07, 6.45) is 7.03. The van der Waals surface area contributed by atoms with Crippen LogP contribution in [0, 0.1) is 5.92 Å². The molecule has 0 aliphatic heterocycles. The number of hydrogen-bond donors (Lipinski definition) is 1. The van der Waals surface area contributed by atoms with Gasteiger partial charge in [-0.25, -0.2) is 0 Å². The minimum atomic E-state index is 0.606. The molecular formula is C17H27NO. The fourth-order valence-electron chi connectivity index (χ4n) is 3.02. The molecule has 1 aromatic rings. The van der Waals surface area contributed by atoms with Crippen molar-refractivity contribution in [2.24, 2.45) is 5.92 Å². The second kappa shape index (κ2) is 7.54. The summed E-state index contributed by atoms with van der Waals surface area (Å²) < 4.78 is 5.67. The van der Waals surface area contributed by atoms with Crippen LogP contribution in [0.2, 0.25) is 0 Å². The van der Waals surface area contributed by atoms with Crippen LogP contribution in [-0.2, 0) is 6.54 Å². The van der Waals surface area contributed by atoms with Crippen molar-refractivity contribution >= 4 is 0 Å². The topological polar surface area (TPSA) is 21.3 Å². The first-order valence-corrected chi connectivity index (χ1v) is 7.75. The smallest absolute Gasteiger partial charge is 0.123 e. The van der Waals surface area contributed by atoms with Gasteiger partial charge < -0.3 is 10.1 Å². The third kappa shape index (κ3) is 4.24. The average Bonchev–Trinajstić information content (AvgIpc) is 2.47. The molecule has 0 saturated heterocycles. The van der Waals surface area contributed by atoms with Gasteiger partial charge in [0.15, 0.2) is 0 Å². The molecule has 0 radical (unpaired) electrons. The molecule has 2 rings (SSSR count). The number of benzene rings is 1. The molecule has 1 atom stereocenters. The predicted octanol–water partition coefficient (Wildman–Crippen LogP) is 4.14. The first kappa shape index (κ1) is 14.4. The van der Waals surface area contributed by atoms with Gasteiger partial charge in [-0.05, 0) is 38.7 Å². The SMILES string of the molecule is CCOc1ccccc1CN[C@H](C)C1CCCCC1. The van der Waals surface area contributed by atoms with Gasteiger partial charge >= 0.3 is 0 Å². The van der Waals surface area contributed by atoms with Crippen LogP contribution in [0.5, 0.6) is 5.75 Å². The molecule has 1 saturated carbocycles. The fraction of sp³-hybridized carbons (Fsp3) is 0.647. The van der Waals surface area contributed by atoms with Gasteiger partial charge in [0, 0.05) is 18.2 Å². The summed E-state index contributed by atoms with van der Waals surface area (Å²) in [5, 5.41) is 3.69. The third-order valence-electron chi connectivity index (χ3n) is 4.24. The molecule has 106 valence electrons. The number of para-hydroxylation sites is 1. The maximum absolute atomic E-state index is 5.67. The largest absolute Gasteiger partial charge is 0.494 e. The van der Waals surface area contributed by atoms with Crippen molar-refractivity contribution < 1.29 is 4.74 Å². The Morgan fingerprint density at radius 1 is 1.21 bits per heavy atom. The molecule has 2 heteroatoms. The van der Waals surface area contributed by atoms with E-state index in [0.717, 1.165) is 24.8 Å². The number of ether oxygens (including phenoxy) is 1. The van der Waals surface area contributed by atoms with E-state index in [1.54, 1.807) is 0 Å². The van der Waals surface area contributed by atoms with Crippen LogP contribution in [0.15, 0.2) is 24.3 Å². The highest BCUT2D eigenvalue weighted by molar-refractivity contribution is 5.33. The van der Waals surface area contributed by atoms with E-state index in [4.69, 9.17) is 4.74 Å². The summed E-state index contributed by atoms with van der Waals surface area (Å²) >= 11 is 0. The minimum absolute atomic E-state index is 0.606. The molecule has 1 aromatic carbocycles. The lowest BCUT2D eigenvalue weighted by Gasteiger charge is -2.28. The Hall–Kier alpha value is -1.02.